The summed E-state index contributed by atoms with van der Waals surface area (Å²) in [5.41, 5.74) is 0.0471. The van der Waals surface area contributed by atoms with Crippen molar-refractivity contribution in [3.63, 3.8) is 0 Å². The van der Waals surface area contributed by atoms with Crippen molar-refractivity contribution >= 4 is 17.6 Å². The number of aromatic nitrogens is 1. The molecule has 2 aromatic rings. The minimum absolute atomic E-state index is 0.0471. The molecule has 0 radical (unpaired) electrons. The first-order valence-electron chi connectivity index (χ1n) is 9.28. The fourth-order valence-corrected chi connectivity index (χ4v) is 2.57. The van der Waals surface area contributed by atoms with Gasteiger partial charge in [0.1, 0.15) is 17.3 Å². The molecule has 0 unspecified atom stereocenters. The van der Waals surface area contributed by atoms with Crippen LogP contribution in [0.25, 0.3) is 0 Å². The number of anilines is 2. The third kappa shape index (κ3) is 5.57. The van der Waals surface area contributed by atoms with Crippen LogP contribution < -0.4 is 15.4 Å². The number of carbonyl (C=O) groups excluding carboxylic acids is 1. The Bertz CT molecular complexity index is 781. The van der Waals surface area contributed by atoms with Gasteiger partial charge in [-0.25, -0.2) is 14.2 Å². The molecule has 1 aliphatic carbocycles. The van der Waals surface area contributed by atoms with Gasteiger partial charge in [-0.1, -0.05) is 13.3 Å². The number of ether oxygens (including phenoxy) is 2. The van der Waals surface area contributed by atoms with Gasteiger partial charge in [-0.3, -0.25) is 5.32 Å². The van der Waals surface area contributed by atoms with Crippen molar-refractivity contribution in [2.24, 2.45) is 0 Å². The largest absolute Gasteiger partial charge is 0.457 e. The fraction of sp³-hybridized carbons (Fsp3) is 0.400. The predicted molar refractivity (Wildman–Crippen MR) is 102 cm³/mol. The molecule has 6 nitrogen and oxygen atoms in total. The zero-order valence-corrected chi connectivity index (χ0v) is 15.3. The van der Waals surface area contributed by atoms with Crippen molar-refractivity contribution in [2.75, 3.05) is 17.2 Å². The minimum Gasteiger partial charge on any atom is -0.457 e. The summed E-state index contributed by atoms with van der Waals surface area (Å²) < 4.78 is 24.9. The van der Waals surface area contributed by atoms with Gasteiger partial charge in [0.15, 0.2) is 5.82 Å². The van der Waals surface area contributed by atoms with Gasteiger partial charge >= 0.3 is 6.09 Å². The molecule has 0 saturated heterocycles. The highest BCUT2D eigenvalue weighted by Crippen LogP contribution is 2.28. The Morgan fingerprint density at radius 1 is 1.26 bits per heavy atom. The molecule has 1 heterocycles. The van der Waals surface area contributed by atoms with E-state index < -0.39 is 11.9 Å². The standard InChI is InChI=1S/C20H24FN3O3/c1-2-3-11-26-20(25)24-18-8-7-15(12-17(18)21)27-16-9-10-22-19(13-16)23-14-5-4-6-14/h7-10,12-14H,2-6,11H2,1H3,(H,22,23)(H,24,25). The molecular weight excluding hydrogens is 349 g/mol. The summed E-state index contributed by atoms with van der Waals surface area (Å²) in [6.45, 7) is 2.30. The number of unbranched alkanes of at least 4 members (excludes halogenated alkanes) is 1. The molecule has 1 fully saturated rings. The predicted octanol–water partition coefficient (Wildman–Crippen LogP) is 5.33. The number of rotatable bonds is 8. The second-order valence-corrected chi connectivity index (χ2v) is 6.51. The zero-order valence-electron chi connectivity index (χ0n) is 15.3. The van der Waals surface area contributed by atoms with E-state index in [1.165, 1.54) is 18.6 Å². The van der Waals surface area contributed by atoms with Crippen LogP contribution in [0.4, 0.5) is 20.7 Å². The Morgan fingerprint density at radius 3 is 2.78 bits per heavy atom. The summed E-state index contributed by atoms with van der Waals surface area (Å²) in [6.07, 6.45) is 6.19. The second kappa shape index (κ2) is 9.21. The van der Waals surface area contributed by atoms with Crippen LogP contribution >= 0.6 is 0 Å². The van der Waals surface area contributed by atoms with E-state index in [9.17, 15) is 9.18 Å². The van der Waals surface area contributed by atoms with Gasteiger partial charge < -0.3 is 14.8 Å². The van der Waals surface area contributed by atoms with Crippen LogP contribution in [0.2, 0.25) is 0 Å². The smallest absolute Gasteiger partial charge is 0.411 e. The first kappa shape index (κ1) is 18.9. The van der Waals surface area contributed by atoms with E-state index in [4.69, 9.17) is 9.47 Å². The van der Waals surface area contributed by atoms with Gasteiger partial charge in [-0.15, -0.1) is 0 Å². The summed E-state index contributed by atoms with van der Waals surface area (Å²) >= 11 is 0. The molecule has 2 N–H and O–H groups in total. The molecule has 3 rings (SSSR count). The van der Waals surface area contributed by atoms with E-state index in [1.54, 1.807) is 24.4 Å². The van der Waals surface area contributed by atoms with Crippen molar-refractivity contribution in [2.45, 2.75) is 45.1 Å². The molecule has 1 aromatic heterocycles. The van der Waals surface area contributed by atoms with Crippen LogP contribution in [0.5, 0.6) is 11.5 Å². The van der Waals surface area contributed by atoms with Gasteiger partial charge in [0.05, 0.1) is 12.3 Å². The maximum Gasteiger partial charge on any atom is 0.411 e. The SMILES string of the molecule is CCCCOC(=O)Nc1ccc(Oc2ccnc(NC3CCC3)c2)cc1F. The number of carbonyl (C=O) groups is 1. The van der Waals surface area contributed by atoms with E-state index in [0.717, 1.165) is 31.5 Å². The van der Waals surface area contributed by atoms with E-state index in [0.29, 0.717) is 24.1 Å². The number of halogens is 1. The normalized spacial score (nSPS) is 13.6. The highest BCUT2D eigenvalue weighted by molar-refractivity contribution is 5.84. The number of benzene rings is 1. The van der Waals surface area contributed by atoms with Crippen molar-refractivity contribution in [1.82, 2.24) is 4.98 Å². The lowest BCUT2D eigenvalue weighted by Gasteiger charge is -2.26. The average Bonchev–Trinajstić information content (AvgIpc) is 2.61. The Morgan fingerprint density at radius 2 is 2.07 bits per heavy atom. The summed E-state index contributed by atoms with van der Waals surface area (Å²) in [5, 5.41) is 5.73. The minimum atomic E-state index is -0.670. The van der Waals surface area contributed by atoms with Gasteiger partial charge in [0.25, 0.3) is 0 Å². The van der Waals surface area contributed by atoms with Gasteiger partial charge in [-0.2, -0.15) is 0 Å². The number of pyridine rings is 1. The lowest BCUT2D eigenvalue weighted by Crippen LogP contribution is -2.27. The molecular formula is C20H24FN3O3. The van der Waals surface area contributed by atoms with Crippen molar-refractivity contribution in [3.05, 3.63) is 42.3 Å². The Hall–Kier alpha value is -2.83. The lowest BCUT2D eigenvalue weighted by molar-refractivity contribution is 0.159. The Balaban J connectivity index is 1.58. The summed E-state index contributed by atoms with van der Waals surface area (Å²) in [6, 6.07) is 8.22. The van der Waals surface area contributed by atoms with Gasteiger partial charge in [0.2, 0.25) is 0 Å². The van der Waals surface area contributed by atoms with Crippen LogP contribution in [0.15, 0.2) is 36.5 Å². The van der Waals surface area contributed by atoms with Crippen LogP contribution in [0.3, 0.4) is 0 Å². The fourth-order valence-electron chi connectivity index (χ4n) is 2.57. The van der Waals surface area contributed by atoms with Crippen LogP contribution in [-0.4, -0.2) is 23.7 Å². The quantitative estimate of drug-likeness (QED) is 0.612. The molecule has 144 valence electrons. The monoisotopic (exact) mass is 373 g/mol. The van der Waals surface area contributed by atoms with Crippen molar-refractivity contribution in [3.8, 4) is 11.5 Å². The highest BCUT2D eigenvalue weighted by atomic mass is 19.1. The van der Waals surface area contributed by atoms with E-state index in [2.05, 4.69) is 15.6 Å². The molecule has 0 spiro atoms. The number of amides is 1. The van der Waals surface area contributed by atoms with Gasteiger partial charge in [0, 0.05) is 24.4 Å². The highest BCUT2D eigenvalue weighted by Gasteiger charge is 2.17. The summed E-state index contributed by atoms with van der Waals surface area (Å²) in [5.74, 6) is 1.04. The number of hydrogen-bond donors (Lipinski definition) is 2. The maximum absolute atomic E-state index is 14.2. The maximum atomic E-state index is 14.2. The van der Waals surface area contributed by atoms with Gasteiger partial charge in [-0.05, 0) is 43.9 Å². The molecule has 1 amide bonds. The average molecular weight is 373 g/mol. The van der Waals surface area contributed by atoms with E-state index >= 15 is 0 Å². The Labute approximate surface area is 158 Å². The van der Waals surface area contributed by atoms with Crippen molar-refractivity contribution in [1.29, 1.82) is 0 Å². The number of hydrogen-bond acceptors (Lipinski definition) is 5. The first-order chi connectivity index (χ1) is 13.1. The van der Waals surface area contributed by atoms with E-state index in [1.807, 2.05) is 6.92 Å². The molecule has 0 atom stereocenters. The Kier molecular flexibility index (Phi) is 6.46. The molecule has 27 heavy (non-hydrogen) atoms. The summed E-state index contributed by atoms with van der Waals surface area (Å²) in [4.78, 5) is 15.9. The molecule has 7 heteroatoms. The summed E-state index contributed by atoms with van der Waals surface area (Å²) in [7, 11) is 0. The molecule has 1 aromatic carbocycles. The second-order valence-electron chi connectivity index (χ2n) is 6.51. The lowest BCUT2D eigenvalue weighted by atomic mass is 9.93. The van der Waals surface area contributed by atoms with Crippen LogP contribution in [-0.2, 0) is 4.74 Å². The molecule has 1 saturated carbocycles. The first-order valence-corrected chi connectivity index (χ1v) is 9.28. The third-order valence-corrected chi connectivity index (χ3v) is 4.33. The third-order valence-electron chi connectivity index (χ3n) is 4.33. The van der Waals surface area contributed by atoms with Crippen LogP contribution in [0, 0.1) is 5.82 Å². The molecule has 0 aliphatic heterocycles. The van der Waals surface area contributed by atoms with Crippen molar-refractivity contribution < 1.29 is 18.7 Å². The zero-order chi connectivity index (χ0) is 19.1. The topological polar surface area (TPSA) is 72.5 Å². The number of nitrogens with one attached hydrogen (secondary N) is 2. The molecule has 0 bridgehead atoms. The van der Waals surface area contributed by atoms with E-state index in [-0.39, 0.29) is 5.69 Å². The molecule has 1 aliphatic rings. The number of nitrogens with zero attached hydrogens (tertiary/aromatic N) is 1. The van der Waals surface area contributed by atoms with Crippen LogP contribution in [0.1, 0.15) is 39.0 Å².